The molecular weight excluding hydrogens is 311 g/mol. The minimum Gasteiger partial charge on any atom is -0.357 e. The summed E-state index contributed by atoms with van der Waals surface area (Å²) in [6, 6.07) is 2.93. The van der Waals surface area contributed by atoms with Crippen molar-refractivity contribution in [3.63, 3.8) is 0 Å². The van der Waals surface area contributed by atoms with Gasteiger partial charge in [-0.15, -0.1) is 0 Å². The predicted molar refractivity (Wildman–Crippen MR) is 76.9 cm³/mol. The van der Waals surface area contributed by atoms with E-state index in [9.17, 15) is 9.18 Å². The van der Waals surface area contributed by atoms with Crippen LogP contribution in [0.3, 0.4) is 0 Å². The van der Waals surface area contributed by atoms with E-state index < -0.39 is 0 Å². The Bertz CT molecular complexity index is 559. The van der Waals surface area contributed by atoms with Gasteiger partial charge >= 0.3 is 0 Å². The molecule has 102 valence electrons. The van der Waals surface area contributed by atoms with Crippen LogP contribution in [0.5, 0.6) is 0 Å². The monoisotopic (exact) mass is 326 g/mol. The molecule has 0 bridgehead atoms. The van der Waals surface area contributed by atoms with Gasteiger partial charge in [0, 0.05) is 12.6 Å². The van der Waals surface area contributed by atoms with Gasteiger partial charge in [0.2, 0.25) is 5.91 Å². The highest BCUT2D eigenvalue weighted by Crippen LogP contribution is 2.44. The molecule has 0 spiro atoms. The van der Waals surface area contributed by atoms with E-state index in [4.69, 9.17) is 0 Å². The van der Waals surface area contributed by atoms with E-state index in [1.165, 1.54) is 6.07 Å². The van der Waals surface area contributed by atoms with Crippen LogP contribution in [0.1, 0.15) is 26.7 Å². The number of hydrogen-bond donors (Lipinski definition) is 1. The number of nitrogens with one attached hydrogen (secondary N) is 1. The summed E-state index contributed by atoms with van der Waals surface area (Å²) in [5.41, 5.74) is 1.38. The molecule has 0 aromatic heterocycles. The third kappa shape index (κ3) is 1.95. The van der Waals surface area contributed by atoms with Crippen LogP contribution in [-0.4, -0.2) is 18.5 Å². The molecule has 0 saturated carbocycles. The van der Waals surface area contributed by atoms with E-state index in [-0.39, 0.29) is 23.2 Å². The number of fused-ring (bicyclic) bond motifs is 3. The first kappa shape index (κ1) is 12.9. The fourth-order valence-corrected chi connectivity index (χ4v) is 3.57. The second-order valence-corrected chi connectivity index (χ2v) is 6.82. The first-order valence-electron chi connectivity index (χ1n) is 6.47. The number of nitrogens with zero attached hydrogens (tertiary/aromatic N) is 1. The van der Waals surface area contributed by atoms with Crippen molar-refractivity contribution in [2.75, 3.05) is 16.8 Å². The van der Waals surface area contributed by atoms with Crippen molar-refractivity contribution < 1.29 is 9.18 Å². The third-order valence-electron chi connectivity index (χ3n) is 4.13. The summed E-state index contributed by atoms with van der Waals surface area (Å²) in [4.78, 5) is 14.4. The zero-order valence-electron chi connectivity index (χ0n) is 11.0. The van der Waals surface area contributed by atoms with Crippen LogP contribution < -0.4 is 10.2 Å². The highest BCUT2D eigenvalue weighted by molar-refractivity contribution is 9.10. The Labute approximate surface area is 120 Å². The van der Waals surface area contributed by atoms with Gasteiger partial charge in [0.05, 0.1) is 15.8 Å². The molecule has 2 aliphatic heterocycles. The summed E-state index contributed by atoms with van der Waals surface area (Å²) >= 11 is 3.16. The maximum absolute atomic E-state index is 13.8. The Morgan fingerprint density at radius 1 is 1.47 bits per heavy atom. The second kappa shape index (κ2) is 4.20. The zero-order valence-corrected chi connectivity index (χ0v) is 12.6. The molecular formula is C14H16BrFN2O. The van der Waals surface area contributed by atoms with Gasteiger partial charge in [-0.1, -0.05) is 13.8 Å². The lowest BCUT2D eigenvalue weighted by atomic mass is 9.75. The van der Waals surface area contributed by atoms with Gasteiger partial charge in [-0.05, 0) is 40.3 Å². The van der Waals surface area contributed by atoms with Crippen LogP contribution in [-0.2, 0) is 4.79 Å². The highest BCUT2D eigenvalue weighted by Gasteiger charge is 2.45. The molecule has 5 heteroatoms. The van der Waals surface area contributed by atoms with Gasteiger partial charge < -0.3 is 10.2 Å². The third-order valence-corrected chi connectivity index (χ3v) is 4.73. The molecule has 1 saturated heterocycles. The quantitative estimate of drug-likeness (QED) is 0.791. The Hall–Kier alpha value is -1.10. The fraction of sp³-hybridized carbons (Fsp3) is 0.500. The SMILES string of the molecule is CC1(C)CCCN2c3cc(F)c(Br)cc3NC(=O)C21. The van der Waals surface area contributed by atoms with Gasteiger partial charge in [-0.3, -0.25) is 4.79 Å². The maximum Gasteiger partial charge on any atom is 0.247 e. The average Bonchev–Trinajstić information content (AvgIpc) is 2.31. The van der Waals surface area contributed by atoms with Crippen LogP contribution in [0.2, 0.25) is 0 Å². The normalized spacial score (nSPS) is 24.5. The Kier molecular flexibility index (Phi) is 2.85. The molecule has 1 atom stereocenters. The molecule has 3 rings (SSSR count). The predicted octanol–water partition coefficient (Wildman–Crippen LogP) is 3.54. The largest absolute Gasteiger partial charge is 0.357 e. The van der Waals surface area contributed by atoms with E-state index in [0.717, 1.165) is 25.1 Å². The molecule has 1 aromatic carbocycles. The molecule has 1 N–H and O–H groups in total. The molecule has 2 aliphatic rings. The molecule has 2 heterocycles. The van der Waals surface area contributed by atoms with Crippen LogP contribution in [0, 0.1) is 11.2 Å². The van der Waals surface area contributed by atoms with Gasteiger partial charge in [0.25, 0.3) is 0 Å². The number of halogens is 2. The molecule has 1 amide bonds. The summed E-state index contributed by atoms with van der Waals surface area (Å²) in [5.74, 6) is -0.285. The number of amides is 1. The number of piperidine rings is 1. The maximum atomic E-state index is 13.8. The topological polar surface area (TPSA) is 32.3 Å². The van der Waals surface area contributed by atoms with Crippen LogP contribution >= 0.6 is 15.9 Å². The lowest BCUT2D eigenvalue weighted by molar-refractivity contribution is -0.120. The second-order valence-electron chi connectivity index (χ2n) is 5.96. The summed E-state index contributed by atoms with van der Waals surface area (Å²) in [5, 5.41) is 2.91. The lowest BCUT2D eigenvalue weighted by Gasteiger charge is -2.49. The van der Waals surface area contributed by atoms with E-state index >= 15 is 0 Å². The first-order chi connectivity index (χ1) is 8.90. The number of carbonyl (C=O) groups is 1. The van der Waals surface area contributed by atoms with Crippen molar-refractivity contribution in [3.05, 3.63) is 22.4 Å². The minimum atomic E-state index is -0.294. The molecule has 3 nitrogen and oxygen atoms in total. The van der Waals surface area contributed by atoms with Crippen LogP contribution in [0.4, 0.5) is 15.8 Å². The smallest absolute Gasteiger partial charge is 0.247 e. The van der Waals surface area contributed by atoms with E-state index in [2.05, 4.69) is 35.1 Å². The van der Waals surface area contributed by atoms with Gasteiger partial charge in [-0.2, -0.15) is 0 Å². The first-order valence-corrected chi connectivity index (χ1v) is 7.26. The summed E-state index contributed by atoms with van der Waals surface area (Å²) in [6.07, 6.45) is 2.03. The Morgan fingerprint density at radius 3 is 2.95 bits per heavy atom. The van der Waals surface area contributed by atoms with Crippen LogP contribution in [0.25, 0.3) is 0 Å². The van der Waals surface area contributed by atoms with Gasteiger partial charge in [0.15, 0.2) is 0 Å². The Balaban J connectivity index is 2.12. The van der Waals surface area contributed by atoms with Crippen molar-refractivity contribution in [1.82, 2.24) is 0 Å². The summed E-state index contributed by atoms with van der Waals surface area (Å²) < 4.78 is 14.1. The number of hydrogen-bond acceptors (Lipinski definition) is 2. The van der Waals surface area contributed by atoms with Crippen molar-refractivity contribution in [2.45, 2.75) is 32.7 Å². The molecule has 0 radical (unpaired) electrons. The minimum absolute atomic E-state index is 0.00991. The van der Waals surface area contributed by atoms with E-state index in [0.29, 0.717) is 10.2 Å². The summed E-state index contributed by atoms with van der Waals surface area (Å²) in [7, 11) is 0. The number of anilines is 2. The number of benzene rings is 1. The number of carbonyl (C=O) groups excluding carboxylic acids is 1. The average molecular weight is 327 g/mol. The molecule has 1 aromatic rings. The van der Waals surface area contributed by atoms with E-state index in [1.807, 2.05) is 4.90 Å². The van der Waals surface area contributed by atoms with Crippen molar-refractivity contribution >= 4 is 33.2 Å². The lowest BCUT2D eigenvalue weighted by Crippen LogP contribution is -2.58. The fourth-order valence-electron chi connectivity index (χ4n) is 3.22. The Morgan fingerprint density at radius 2 is 2.21 bits per heavy atom. The van der Waals surface area contributed by atoms with Crippen molar-refractivity contribution in [2.24, 2.45) is 5.41 Å². The van der Waals surface area contributed by atoms with Crippen LogP contribution in [0.15, 0.2) is 16.6 Å². The van der Waals surface area contributed by atoms with Crippen molar-refractivity contribution in [3.8, 4) is 0 Å². The number of rotatable bonds is 0. The molecule has 19 heavy (non-hydrogen) atoms. The highest BCUT2D eigenvalue weighted by atomic mass is 79.9. The standard InChI is InChI=1S/C14H16BrFN2O/c1-14(2)4-3-5-18-11-7-9(16)8(15)6-10(11)17-13(19)12(14)18/h6-7,12H,3-5H2,1-2H3,(H,17,19). The van der Waals surface area contributed by atoms with E-state index in [1.54, 1.807) is 6.07 Å². The zero-order chi connectivity index (χ0) is 13.8. The van der Waals surface area contributed by atoms with Gasteiger partial charge in [0.1, 0.15) is 11.9 Å². The molecule has 1 unspecified atom stereocenters. The summed E-state index contributed by atoms with van der Waals surface area (Å²) in [6.45, 7) is 5.00. The molecule has 0 aliphatic carbocycles. The van der Waals surface area contributed by atoms with Gasteiger partial charge in [-0.25, -0.2) is 4.39 Å². The van der Waals surface area contributed by atoms with Crippen molar-refractivity contribution in [1.29, 1.82) is 0 Å². The molecule has 1 fully saturated rings.